The van der Waals surface area contributed by atoms with Crippen LogP contribution in [0.5, 0.6) is 0 Å². The van der Waals surface area contributed by atoms with Crippen LogP contribution in [0.3, 0.4) is 0 Å². The Labute approximate surface area is 163 Å². The number of nitrogens with one attached hydrogen (secondary N) is 3. The normalized spacial score (nSPS) is 10.2. The van der Waals surface area contributed by atoms with Crippen molar-refractivity contribution in [3.05, 3.63) is 63.9 Å². The molecular weight excluding hydrogens is 400 g/mol. The first kappa shape index (κ1) is 20.6. The Hall–Kier alpha value is -2.68. The summed E-state index contributed by atoms with van der Waals surface area (Å²) < 4.78 is 18.0. The lowest BCUT2D eigenvalue weighted by Crippen LogP contribution is -2.43. The summed E-state index contributed by atoms with van der Waals surface area (Å²) in [6, 6.07) is 9.68. The van der Waals surface area contributed by atoms with Gasteiger partial charge in [-0.05, 0) is 30.3 Å². The maximum atomic E-state index is 13.0. The second-order valence-electron chi connectivity index (χ2n) is 5.16. The zero-order valence-electron chi connectivity index (χ0n) is 13.7. The first-order valence-corrected chi connectivity index (χ1v) is 8.29. The molecule has 0 atom stereocenters. The second-order valence-corrected chi connectivity index (χ2v) is 5.94. The summed E-state index contributed by atoms with van der Waals surface area (Å²) in [6.45, 7) is -0.908. The van der Waals surface area contributed by atoms with E-state index in [0.717, 1.165) is 6.07 Å². The molecule has 0 fully saturated rings. The van der Waals surface area contributed by atoms with Crippen LogP contribution in [0.15, 0.2) is 42.5 Å². The highest BCUT2D eigenvalue weighted by atomic mass is 35.5. The van der Waals surface area contributed by atoms with E-state index in [0.29, 0.717) is 5.69 Å². The van der Waals surface area contributed by atoms with Crippen LogP contribution in [-0.4, -0.2) is 30.9 Å². The minimum absolute atomic E-state index is 0.0361. The van der Waals surface area contributed by atoms with Crippen LogP contribution >= 0.6 is 23.2 Å². The fourth-order valence-electron chi connectivity index (χ4n) is 1.89. The Bertz CT molecular complexity index is 864. The van der Waals surface area contributed by atoms with Crippen molar-refractivity contribution in [2.75, 3.05) is 18.5 Å². The average molecular weight is 414 g/mol. The number of amides is 3. The molecule has 27 heavy (non-hydrogen) atoms. The molecule has 0 saturated heterocycles. The Morgan fingerprint density at radius 2 is 1.67 bits per heavy atom. The summed E-state index contributed by atoms with van der Waals surface area (Å²) in [6.07, 6.45) is 0. The van der Waals surface area contributed by atoms with Gasteiger partial charge in [-0.25, -0.2) is 4.39 Å². The van der Waals surface area contributed by atoms with Crippen LogP contribution in [0.1, 0.15) is 10.4 Å². The first-order chi connectivity index (χ1) is 12.9. The zero-order chi connectivity index (χ0) is 19.8. The van der Waals surface area contributed by atoms with E-state index in [1.807, 2.05) is 0 Å². The highest BCUT2D eigenvalue weighted by molar-refractivity contribution is 6.44. The van der Waals surface area contributed by atoms with Gasteiger partial charge in [-0.2, -0.15) is 0 Å². The molecule has 0 heterocycles. The number of benzene rings is 2. The monoisotopic (exact) mass is 413 g/mol. The Morgan fingerprint density at radius 3 is 2.41 bits per heavy atom. The summed E-state index contributed by atoms with van der Waals surface area (Å²) >= 11 is 11.8. The van der Waals surface area contributed by atoms with Crippen LogP contribution in [0.25, 0.3) is 0 Å². The minimum Gasteiger partial charge on any atom is -0.362 e. The maximum Gasteiger partial charge on any atom is 0.269 e. The second kappa shape index (κ2) is 9.86. The van der Waals surface area contributed by atoms with E-state index in [1.165, 1.54) is 18.2 Å². The Morgan fingerprint density at radius 1 is 0.963 bits per heavy atom. The summed E-state index contributed by atoms with van der Waals surface area (Å²) in [4.78, 5) is 35.1. The number of carbonyl (C=O) groups is 3. The number of hydrogen-bond acceptors (Lipinski definition) is 4. The molecule has 3 amide bonds. The fourth-order valence-corrected chi connectivity index (χ4v) is 2.24. The van der Waals surface area contributed by atoms with Gasteiger partial charge in [0.1, 0.15) is 19.0 Å². The van der Waals surface area contributed by atoms with E-state index in [4.69, 9.17) is 27.9 Å². The van der Waals surface area contributed by atoms with Crippen molar-refractivity contribution in [1.29, 1.82) is 0 Å². The van der Waals surface area contributed by atoms with Gasteiger partial charge in [-0.3, -0.25) is 25.2 Å². The van der Waals surface area contributed by atoms with Crippen LogP contribution in [0.2, 0.25) is 10.0 Å². The molecule has 3 N–H and O–H groups in total. The molecule has 0 aliphatic heterocycles. The van der Waals surface area contributed by atoms with Gasteiger partial charge in [-0.1, -0.05) is 35.3 Å². The van der Waals surface area contributed by atoms with Gasteiger partial charge in [0.05, 0.1) is 15.7 Å². The molecule has 10 heteroatoms. The van der Waals surface area contributed by atoms with Crippen molar-refractivity contribution in [3.63, 3.8) is 0 Å². The minimum atomic E-state index is -0.701. The van der Waals surface area contributed by atoms with Crippen LogP contribution in [0.4, 0.5) is 10.1 Å². The van der Waals surface area contributed by atoms with Gasteiger partial charge in [0.2, 0.25) is 5.91 Å². The van der Waals surface area contributed by atoms with Crippen LogP contribution < -0.4 is 16.2 Å². The van der Waals surface area contributed by atoms with E-state index < -0.39 is 36.8 Å². The highest BCUT2D eigenvalue weighted by Crippen LogP contribution is 2.29. The predicted molar refractivity (Wildman–Crippen MR) is 97.9 cm³/mol. The third-order valence-corrected chi connectivity index (χ3v) is 3.91. The van der Waals surface area contributed by atoms with Gasteiger partial charge in [0.15, 0.2) is 0 Å². The summed E-state index contributed by atoms with van der Waals surface area (Å²) in [5, 5.41) is 2.95. The summed E-state index contributed by atoms with van der Waals surface area (Å²) in [5.74, 6) is -2.52. The molecule has 7 nitrogen and oxygen atoms in total. The number of carbonyl (C=O) groups excluding carboxylic acids is 3. The standard InChI is InChI=1S/C17H14Cl2FN3O4/c18-12-5-2-6-13(16(12)19)21-14(24)8-27-9-15(25)22-23-17(26)10-3-1-4-11(20)7-10/h1-7H,8-9H2,(H,21,24)(H,22,25)(H,23,26). The van der Waals surface area contributed by atoms with Crippen molar-refractivity contribution in [2.24, 2.45) is 0 Å². The number of halogens is 3. The quantitative estimate of drug-likeness (QED) is 0.633. The Balaban J connectivity index is 1.70. The molecule has 0 spiro atoms. The van der Waals surface area contributed by atoms with Crippen LogP contribution in [-0.2, 0) is 14.3 Å². The zero-order valence-corrected chi connectivity index (χ0v) is 15.2. The summed E-state index contributed by atoms with van der Waals surface area (Å²) in [5.41, 5.74) is 4.53. The van der Waals surface area contributed by atoms with E-state index in [2.05, 4.69) is 16.2 Å². The topological polar surface area (TPSA) is 96.5 Å². The van der Waals surface area contributed by atoms with Crippen molar-refractivity contribution < 1.29 is 23.5 Å². The molecule has 2 rings (SSSR count). The lowest BCUT2D eigenvalue weighted by atomic mass is 10.2. The van der Waals surface area contributed by atoms with Gasteiger partial charge < -0.3 is 10.1 Å². The number of hydrazine groups is 1. The molecule has 0 aliphatic rings. The largest absolute Gasteiger partial charge is 0.362 e. The van der Waals surface area contributed by atoms with Crippen LogP contribution in [0, 0.1) is 5.82 Å². The van der Waals surface area contributed by atoms with E-state index in [-0.39, 0.29) is 15.6 Å². The lowest BCUT2D eigenvalue weighted by molar-refractivity contribution is -0.129. The molecular formula is C17H14Cl2FN3O4. The van der Waals surface area contributed by atoms with E-state index >= 15 is 0 Å². The van der Waals surface area contributed by atoms with E-state index in [1.54, 1.807) is 18.2 Å². The Kier molecular flexibility index (Phi) is 7.54. The van der Waals surface area contributed by atoms with Gasteiger partial charge in [0.25, 0.3) is 11.8 Å². The number of rotatable bonds is 6. The first-order valence-electron chi connectivity index (χ1n) is 7.53. The average Bonchev–Trinajstić information content (AvgIpc) is 2.63. The molecule has 0 aromatic heterocycles. The van der Waals surface area contributed by atoms with Crippen molar-refractivity contribution in [1.82, 2.24) is 10.9 Å². The number of ether oxygens (including phenoxy) is 1. The fraction of sp³-hybridized carbons (Fsp3) is 0.118. The molecule has 2 aromatic rings. The van der Waals surface area contributed by atoms with E-state index in [9.17, 15) is 18.8 Å². The molecule has 0 bridgehead atoms. The van der Waals surface area contributed by atoms with Crippen molar-refractivity contribution >= 4 is 46.6 Å². The molecule has 0 aliphatic carbocycles. The third kappa shape index (κ3) is 6.52. The van der Waals surface area contributed by atoms with Crippen molar-refractivity contribution in [2.45, 2.75) is 0 Å². The van der Waals surface area contributed by atoms with Gasteiger partial charge >= 0.3 is 0 Å². The smallest absolute Gasteiger partial charge is 0.269 e. The highest BCUT2D eigenvalue weighted by Gasteiger charge is 2.11. The van der Waals surface area contributed by atoms with Gasteiger partial charge in [-0.15, -0.1) is 0 Å². The third-order valence-electron chi connectivity index (χ3n) is 3.09. The van der Waals surface area contributed by atoms with Gasteiger partial charge in [0, 0.05) is 5.56 Å². The SMILES string of the molecule is O=C(COCC(=O)Nc1cccc(Cl)c1Cl)NNC(=O)c1cccc(F)c1. The molecule has 142 valence electrons. The molecule has 0 radical (unpaired) electrons. The molecule has 0 unspecified atom stereocenters. The predicted octanol–water partition coefficient (Wildman–Crippen LogP) is 2.55. The summed E-state index contributed by atoms with van der Waals surface area (Å²) in [7, 11) is 0. The lowest BCUT2D eigenvalue weighted by Gasteiger charge is -2.09. The number of anilines is 1. The number of hydrogen-bond donors (Lipinski definition) is 3. The molecule has 2 aromatic carbocycles. The molecule has 0 saturated carbocycles. The van der Waals surface area contributed by atoms with Crippen molar-refractivity contribution in [3.8, 4) is 0 Å². The maximum absolute atomic E-state index is 13.0.